The Hall–Kier alpha value is -0.430. The molecule has 1 fully saturated rings. The van der Waals surface area contributed by atoms with Crippen LogP contribution in [0.5, 0.6) is 0 Å². The highest BCUT2D eigenvalue weighted by Gasteiger charge is 2.28. The van der Waals surface area contributed by atoms with Crippen molar-refractivity contribution >= 4 is 21.4 Å². The maximum atomic E-state index is 12.0. The Morgan fingerprint density at radius 2 is 2.29 bits per heavy atom. The van der Waals surface area contributed by atoms with E-state index < -0.39 is 10.0 Å². The smallest absolute Gasteiger partial charge is 0.216 e. The summed E-state index contributed by atoms with van der Waals surface area (Å²) >= 11 is 1.66. The molecule has 1 unspecified atom stereocenters. The van der Waals surface area contributed by atoms with E-state index >= 15 is 0 Å². The van der Waals surface area contributed by atoms with Crippen LogP contribution in [0.4, 0.5) is 0 Å². The van der Waals surface area contributed by atoms with E-state index in [0.717, 1.165) is 11.4 Å². The van der Waals surface area contributed by atoms with Crippen LogP contribution in [-0.4, -0.2) is 26.8 Å². The first kappa shape index (κ1) is 13.0. The van der Waals surface area contributed by atoms with E-state index in [1.54, 1.807) is 11.3 Å². The monoisotopic (exact) mass is 274 g/mol. The molecule has 0 saturated carbocycles. The second-order valence-corrected chi connectivity index (χ2v) is 7.82. The minimum atomic E-state index is -3.17. The van der Waals surface area contributed by atoms with Crippen molar-refractivity contribution in [3.05, 3.63) is 21.4 Å². The predicted octanol–water partition coefficient (Wildman–Crippen LogP) is 1.15. The average Bonchev–Trinajstić information content (AvgIpc) is 2.87. The third-order valence-corrected chi connectivity index (χ3v) is 6.10. The van der Waals surface area contributed by atoms with Gasteiger partial charge in [0, 0.05) is 22.8 Å². The Morgan fingerprint density at radius 1 is 1.53 bits per heavy atom. The van der Waals surface area contributed by atoms with Gasteiger partial charge in [-0.05, 0) is 38.4 Å². The number of aryl methyl sites for hydroxylation is 2. The molecule has 0 aromatic carbocycles. The second kappa shape index (κ2) is 5.06. The normalized spacial score (nSPS) is 20.9. The zero-order chi connectivity index (χ0) is 12.5. The number of hydrogen-bond donors (Lipinski definition) is 2. The summed E-state index contributed by atoms with van der Waals surface area (Å²) in [4.78, 5) is 2.33. The number of hydrogen-bond acceptors (Lipinski definition) is 4. The molecule has 17 heavy (non-hydrogen) atoms. The van der Waals surface area contributed by atoms with E-state index in [-0.39, 0.29) is 5.25 Å². The van der Waals surface area contributed by atoms with Crippen molar-refractivity contribution in [1.82, 2.24) is 10.0 Å². The molecule has 0 radical (unpaired) electrons. The molecule has 2 rings (SSSR count). The van der Waals surface area contributed by atoms with Crippen LogP contribution in [0, 0.1) is 13.8 Å². The average molecular weight is 274 g/mol. The van der Waals surface area contributed by atoms with Gasteiger partial charge in [-0.25, -0.2) is 13.1 Å². The fourth-order valence-corrected chi connectivity index (χ4v) is 4.36. The van der Waals surface area contributed by atoms with E-state index in [1.807, 2.05) is 6.92 Å². The molecule has 0 spiro atoms. The lowest BCUT2D eigenvalue weighted by molar-refractivity contribution is 0.568. The van der Waals surface area contributed by atoms with Gasteiger partial charge in [-0.2, -0.15) is 0 Å². The van der Waals surface area contributed by atoms with Crippen LogP contribution >= 0.6 is 11.3 Å². The lowest BCUT2D eigenvalue weighted by atomic mass is 10.3. The summed E-state index contributed by atoms with van der Waals surface area (Å²) in [5, 5.41) is 2.80. The summed E-state index contributed by atoms with van der Waals surface area (Å²) in [5.41, 5.74) is 1.23. The molecule has 2 N–H and O–H groups in total. The van der Waals surface area contributed by atoms with Crippen LogP contribution in [0.15, 0.2) is 6.07 Å². The quantitative estimate of drug-likeness (QED) is 0.866. The minimum absolute atomic E-state index is 0.273. The molecule has 0 amide bonds. The van der Waals surface area contributed by atoms with Crippen molar-refractivity contribution in [3.8, 4) is 0 Å². The fourth-order valence-electron chi connectivity index (χ4n) is 1.92. The Morgan fingerprint density at radius 3 is 2.82 bits per heavy atom. The summed E-state index contributed by atoms with van der Waals surface area (Å²) in [6.45, 7) is 5.88. The van der Waals surface area contributed by atoms with Crippen molar-refractivity contribution < 1.29 is 8.42 Å². The highest BCUT2D eigenvalue weighted by atomic mass is 32.2. The van der Waals surface area contributed by atoms with E-state index in [4.69, 9.17) is 0 Å². The molecule has 0 bridgehead atoms. The molecule has 1 atom stereocenters. The lowest BCUT2D eigenvalue weighted by Gasteiger charge is -2.10. The number of nitrogens with one attached hydrogen (secondary N) is 2. The maximum Gasteiger partial charge on any atom is 0.216 e. The summed E-state index contributed by atoms with van der Waals surface area (Å²) < 4.78 is 26.6. The van der Waals surface area contributed by atoms with Gasteiger partial charge in [-0.1, -0.05) is 0 Å². The van der Waals surface area contributed by atoms with Gasteiger partial charge in [0.15, 0.2) is 0 Å². The summed E-state index contributed by atoms with van der Waals surface area (Å²) in [7, 11) is -3.17. The van der Waals surface area contributed by atoms with E-state index in [2.05, 4.69) is 23.0 Å². The fraction of sp³-hybridized carbons (Fsp3) is 0.636. The van der Waals surface area contributed by atoms with Crippen molar-refractivity contribution in [2.45, 2.75) is 32.1 Å². The van der Waals surface area contributed by atoms with Gasteiger partial charge in [0.1, 0.15) is 0 Å². The third-order valence-electron chi connectivity index (χ3n) is 3.12. The molecular formula is C11H18N2O2S2. The van der Waals surface area contributed by atoms with E-state index in [1.165, 1.54) is 10.4 Å². The number of rotatable bonds is 4. The molecule has 0 aliphatic carbocycles. The second-order valence-electron chi connectivity index (χ2n) is 4.43. The first-order valence-electron chi connectivity index (χ1n) is 5.74. The van der Waals surface area contributed by atoms with Crippen LogP contribution in [0.25, 0.3) is 0 Å². The Bertz CT molecular complexity index is 468. The van der Waals surface area contributed by atoms with Crippen LogP contribution in [-0.2, 0) is 16.6 Å². The zero-order valence-electron chi connectivity index (χ0n) is 10.1. The Kier molecular flexibility index (Phi) is 3.87. The maximum absolute atomic E-state index is 12.0. The van der Waals surface area contributed by atoms with Crippen molar-refractivity contribution in [1.29, 1.82) is 0 Å². The third kappa shape index (κ3) is 3.07. The number of thiophene rings is 1. The Labute approximate surface area is 106 Å². The van der Waals surface area contributed by atoms with Gasteiger partial charge in [0.05, 0.1) is 5.25 Å². The van der Waals surface area contributed by atoms with Crippen LogP contribution < -0.4 is 10.0 Å². The standard InChI is InChI=1S/C11H18N2O2S2/c1-8-5-10(16-9(8)2)6-13-17(14,15)11-3-4-12-7-11/h5,11-13H,3-4,6-7H2,1-2H3. The van der Waals surface area contributed by atoms with Gasteiger partial charge in [0.2, 0.25) is 10.0 Å². The molecule has 2 heterocycles. The molecule has 96 valence electrons. The summed E-state index contributed by atoms with van der Waals surface area (Å²) in [6, 6.07) is 2.05. The molecule has 1 aliphatic heterocycles. The highest BCUT2D eigenvalue weighted by Crippen LogP contribution is 2.20. The van der Waals surface area contributed by atoms with Gasteiger partial charge in [-0.3, -0.25) is 0 Å². The van der Waals surface area contributed by atoms with Crippen LogP contribution in [0.1, 0.15) is 21.7 Å². The van der Waals surface area contributed by atoms with E-state index in [9.17, 15) is 8.42 Å². The van der Waals surface area contributed by atoms with Gasteiger partial charge in [-0.15, -0.1) is 11.3 Å². The van der Waals surface area contributed by atoms with Gasteiger partial charge in [0.25, 0.3) is 0 Å². The molecule has 4 nitrogen and oxygen atoms in total. The van der Waals surface area contributed by atoms with Crippen molar-refractivity contribution in [3.63, 3.8) is 0 Å². The lowest BCUT2D eigenvalue weighted by Crippen LogP contribution is -2.35. The SMILES string of the molecule is Cc1cc(CNS(=O)(=O)C2CCNC2)sc1C. The largest absolute Gasteiger partial charge is 0.315 e. The first-order valence-corrected chi connectivity index (χ1v) is 8.10. The number of sulfonamides is 1. The molecule has 1 aromatic heterocycles. The van der Waals surface area contributed by atoms with Crippen molar-refractivity contribution in [2.24, 2.45) is 0 Å². The zero-order valence-corrected chi connectivity index (χ0v) is 11.7. The summed E-state index contributed by atoms with van der Waals surface area (Å²) in [5.74, 6) is 0. The molecule has 1 aromatic rings. The molecule has 1 saturated heterocycles. The molecule has 1 aliphatic rings. The van der Waals surface area contributed by atoms with Crippen molar-refractivity contribution in [2.75, 3.05) is 13.1 Å². The topological polar surface area (TPSA) is 58.2 Å². The van der Waals surface area contributed by atoms with Gasteiger partial charge < -0.3 is 5.32 Å². The predicted molar refractivity (Wildman–Crippen MR) is 70.8 cm³/mol. The molecular weight excluding hydrogens is 256 g/mol. The Balaban J connectivity index is 1.97. The highest BCUT2D eigenvalue weighted by molar-refractivity contribution is 7.90. The van der Waals surface area contributed by atoms with Crippen LogP contribution in [0.3, 0.4) is 0 Å². The summed E-state index contributed by atoms with van der Waals surface area (Å²) in [6.07, 6.45) is 0.706. The molecule has 6 heteroatoms. The minimum Gasteiger partial charge on any atom is -0.315 e. The first-order chi connectivity index (χ1) is 7.99. The van der Waals surface area contributed by atoms with E-state index in [0.29, 0.717) is 19.5 Å². The van der Waals surface area contributed by atoms with Gasteiger partial charge >= 0.3 is 0 Å². The van der Waals surface area contributed by atoms with Crippen LogP contribution in [0.2, 0.25) is 0 Å².